The summed E-state index contributed by atoms with van der Waals surface area (Å²) >= 11 is 0. The zero-order chi connectivity index (χ0) is 33.3. The van der Waals surface area contributed by atoms with E-state index in [1.165, 1.54) is 0 Å². The van der Waals surface area contributed by atoms with Gasteiger partial charge in [-0.25, -0.2) is 0 Å². The molecule has 0 unspecified atom stereocenters. The first-order chi connectivity index (χ1) is 21.3. The van der Waals surface area contributed by atoms with Crippen LogP contribution in [0.4, 0.5) is 0 Å². The van der Waals surface area contributed by atoms with Crippen molar-refractivity contribution >= 4 is 0 Å². The highest BCUT2D eigenvalue weighted by atomic mass is 16.8. The van der Waals surface area contributed by atoms with Crippen molar-refractivity contribution < 1.29 is 105 Å². The second-order valence-electron chi connectivity index (χ2n) is 11.1. The highest BCUT2D eigenvalue weighted by Crippen LogP contribution is 2.34. The largest absolute Gasteiger partial charge is 0.394 e. The third-order valence-electron chi connectivity index (χ3n) is 8.20. The van der Waals surface area contributed by atoms with Crippen molar-refractivity contribution in [2.24, 2.45) is 0 Å². The Bertz CT molecular complexity index is 912. The fourth-order valence-corrected chi connectivity index (χ4v) is 5.54. The topological polar surface area (TPSA) is 348 Å². The molecule has 0 radical (unpaired) electrons. The summed E-state index contributed by atoms with van der Waals surface area (Å²) in [6, 6.07) is 0. The van der Waals surface area contributed by atoms with Crippen LogP contribution in [0.25, 0.3) is 0 Å². The van der Waals surface area contributed by atoms with Crippen molar-refractivity contribution in [3.05, 3.63) is 0 Å². The lowest BCUT2D eigenvalue weighted by atomic mass is 9.95. The predicted molar refractivity (Wildman–Crippen MR) is 134 cm³/mol. The van der Waals surface area contributed by atoms with Crippen LogP contribution in [-0.2, 0) is 33.2 Å². The van der Waals surface area contributed by atoms with Crippen LogP contribution in [0.15, 0.2) is 0 Å². The standard InChI is InChI=1S/C24H42O21/c25-1-5-9(29)11(31)14(34)22(40-5)43-18-7(3-27)41-23(15(35)12(18)32)44-19-8(4-28)42-24(16(36)13(19)33)45-20-10(30)6(2-26)39-21(38)17(20)37/h5-38H,1-4H2/t5-,6-,7-,8-,9-,10-,11+,12-,13-,14-,15-,16-,17-,18-,19-,20+,21+,22+,23+,24+/m1/s1. The van der Waals surface area contributed by atoms with E-state index < -0.39 is 149 Å². The molecule has 4 saturated heterocycles. The number of hydrogen-bond acceptors (Lipinski definition) is 21. The first-order valence-corrected chi connectivity index (χ1v) is 14.1. The minimum absolute atomic E-state index is 0.782. The fourth-order valence-electron chi connectivity index (χ4n) is 5.54. The third-order valence-corrected chi connectivity index (χ3v) is 8.20. The van der Waals surface area contributed by atoms with Crippen LogP contribution in [0.5, 0.6) is 0 Å². The van der Waals surface area contributed by atoms with Crippen LogP contribution in [0.1, 0.15) is 0 Å². The Morgan fingerprint density at radius 2 is 0.689 bits per heavy atom. The van der Waals surface area contributed by atoms with E-state index in [4.69, 9.17) is 33.2 Å². The monoisotopic (exact) mass is 666 g/mol. The van der Waals surface area contributed by atoms with Crippen LogP contribution in [-0.4, -0.2) is 221 Å². The molecule has 4 fully saturated rings. The molecule has 20 atom stereocenters. The molecule has 0 amide bonds. The Hall–Kier alpha value is -0.840. The molecule has 4 aliphatic rings. The second kappa shape index (κ2) is 15.6. The van der Waals surface area contributed by atoms with E-state index in [1.54, 1.807) is 0 Å². The Morgan fingerprint density at radius 3 is 1.11 bits per heavy atom. The average Bonchev–Trinajstić information content (AvgIpc) is 3.03. The Morgan fingerprint density at radius 1 is 0.333 bits per heavy atom. The molecule has 0 saturated carbocycles. The molecule has 21 heteroatoms. The number of ether oxygens (including phenoxy) is 7. The number of rotatable bonds is 10. The molecule has 0 aromatic rings. The number of hydrogen-bond donors (Lipinski definition) is 14. The maximum Gasteiger partial charge on any atom is 0.187 e. The molecule has 4 rings (SSSR count). The fraction of sp³-hybridized carbons (Fsp3) is 1.00. The number of aliphatic hydroxyl groups excluding tert-OH is 14. The van der Waals surface area contributed by atoms with Crippen molar-refractivity contribution in [1.29, 1.82) is 0 Å². The normalized spacial score (nSPS) is 52.9. The van der Waals surface area contributed by atoms with Gasteiger partial charge in [-0.3, -0.25) is 0 Å². The molecule has 0 spiro atoms. The Kier molecular flexibility index (Phi) is 12.8. The van der Waals surface area contributed by atoms with Crippen molar-refractivity contribution in [2.45, 2.75) is 123 Å². The zero-order valence-electron chi connectivity index (χ0n) is 23.5. The molecule has 45 heavy (non-hydrogen) atoms. The minimum atomic E-state index is -2.02. The first kappa shape index (κ1) is 37.0. The zero-order valence-corrected chi connectivity index (χ0v) is 23.5. The minimum Gasteiger partial charge on any atom is -0.394 e. The van der Waals surface area contributed by atoms with Crippen molar-refractivity contribution in [3.63, 3.8) is 0 Å². The SMILES string of the molecule is OC[C@H]1O[C@@H](O[C@H]2[C@H](O)[C@@H](O)[C@H](O[C@H]3[C@H](O)[C@@H](O)[C@H](O[C@@H]4[C@@H](O)[C@@H](O)O[C@H](CO)[C@H]4O)O[C@@H]3CO)O[C@@H]2CO)[C@H](O)[C@@H](O)[C@@H]1O. The van der Waals surface area contributed by atoms with Gasteiger partial charge >= 0.3 is 0 Å². The predicted octanol–water partition coefficient (Wildman–Crippen LogP) is -9.75. The quantitative estimate of drug-likeness (QED) is 0.103. The van der Waals surface area contributed by atoms with Gasteiger partial charge in [0.05, 0.1) is 26.4 Å². The average molecular weight is 667 g/mol. The summed E-state index contributed by atoms with van der Waals surface area (Å²) in [6.45, 7) is -3.37. The highest BCUT2D eigenvalue weighted by molar-refractivity contribution is 4.97. The summed E-state index contributed by atoms with van der Waals surface area (Å²) < 4.78 is 37.5. The van der Waals surface area contributed by atoms with Crippen molar-refractivity contribution in [1.82, 2.24) is 0 Å². The molecule has 0 aromatic heterocycles. The van der Waals surface area contributed by atoms with Gasteiger partial charge < -0.3 is 105 Å². The van der Waals surface area contributed by atoms with E-state index in [9.17, 15) is 71.5 Å². The highest BCUT2D eigenvalue weighted by Gasteiger charge is 2.55. The van der Waals surface area contributed by atoms with Gasteiger partial charge in [0.2, 0.25) is 0 Å². The van der Waals surface area contributed by atoms with Gasteiger partial charge in [-0.2, -0.15) is 0 Å². The van der Waals surface area contributed by atoms with E-state index in [0.717, 1.165) is 0 Å². The summed E-state index contributed by atoms with van der Waals surface area (Å²) in [6.07, 6.45) is -35.4. The molecular formula is C24H42O21. The summed E-state index contributed by atoms with van der Waals surface area (Å²) in [4.78, 5) is 0. The summed E-state index contributed by atoms with van der Waals surface area (Å²) in [5.74, 6) is 0. The molecule has 0 bridgehead atoms. The third kappa shape index (κ3) is 7.44. The van der Waals surface area contributed by atoms with Gasteiger partial charge in [-0.1, -0.05) is 0 Å². The van der Waals surface area contributed by atoms with Crippen molar-refractivity contribution in [2.75, 3.05) is 26.4 Å². The molecule has 4 aliphatic heterocycles. The Labute approximate surface area is 254 Å². The van der Waals surface area contributed by atoms with E-state index in [-0.39, 0.29) is 0 Å². The lowest BCUT2D eigenvalue weighted by Gasteiger charge is -2.48. The van der Waals surface area contributed by atoms with E-state index in [0.29, 0.717) is 0 Å². The van der Waals surface area contributed by atoms with E-state index in [1.807, 2.05) is 0 Å². The van der Waals surface area contributed by atoms with Gasteiger partial charge in [0.25, 0.3) is 0 Å². The molecule has 4 heterocycles. The molecule has 21 nitrogen and oxygen atoms in total. The first-order valence-electron chi connectivity index (χ1n) is 14.1. The summed E-state index contributed by atoms with van der Waals surface area (Å²) in [5.41, 5.74) is 0. The second-order valence-corrected chi connectivity index (χ2v) is 11.1. The van der Waals surface area contributed by atoms with E-state index in [2.05, 4.69) is 0 Å². The van der Waals surface area contributed by atoms with Crippen LogP contribution in [0.3, 0.4) is 0 Å². The van der Waals surface area contributed by atoms with Gasteiger partial charge in [0, 0.05) is 0 Å². The molecular weight excluding hydrogens is 624 g/mol. The van der Waals surface area contributed by atoms with Crippen molar-refractivity contribution in [3.8, 4) is 0 Å². The molecule has 14 N–H and O–H groups in total. The van der Waals surface area contributed by atoms with Gasteiger partial charge in [-0.05, 0) is 0 Å². The molecule has 0 aromatic carbocycles. The van der Waals surface area contributed by atoms with Crippen LogP contribution in [0, 0.1) is 0 Å². The van der Waals surface area contributed by atoms with Crippen LogP contribution in [0.2, 0.25) is 0 Å². The van der Waals surface area contributed by atoms with Gasteiger partial charge in [0.1, 0.15) is 97.7 Å². The van der Waals surface area contributed by atoms with Crippen LogP contribution < -0.4 is 0 Å². The molecule has 264 valence electrons. The maximum absolute atomic E-state index is 10.9. The Balaban J connectivity index is 1.43. The van der Waals surface area contributed by atoms with Crippen LogP contribution >= 0.6 is 0 Å². The van der Waals surface area contributed by atoms with Gasteiger partial charge in [-0.15, -0.1) is 0 Å². The van der Waals surface area contributed by atoms with E-state index >= 15 is 0 Å². The smallest absolute Gasteiger partial charge is 0.187 e. The van der Waals surface area contributed by atoms with Gasteiger partial charge in [0.15, 0.2) is 25.2 Å². The summed E-state index contributed by atoms with van der Waals surface area (Å²) in [5, 5.41) is 142. The summed E-state index contributed by atoms with van der Waals surface area (Å²) in [7, 11) is 0. The number of aliphatic hydroxyl groups is 14. The lowest BCUT2D eigenvalue weighted by molar-refractivity contribution is -0.387. The molecule has 0 aliphatic carbocycles. The lowest BCUT2D eigenvalue weighted by Crippen LogP contribution is -2.67. The maximum atomic E-state index is 10.9.